The predicted octanol–water partition coefficient (Wildman–Crippen LogP) is 2.58. The van der Waals surface area contributed by atoms with E-state index in [0.717, 1.165) is 12.5 Å². The Hall–Kier alpha value is -0.220. The lowest BCUT2D eigenvalue weighted by molar-refractivity contribution is 0.196. The first-order valence-corrected chi connectivity index (χ1v) is 8.25. The van der Waals surface area contributed by atoms with Crippen molar-refractivity contribution in [1.82, 2.24) is 10.2 Å². The number of nitrogens with zero attached hydrogens (tertiary/aromatic N) is 2. The highest BCUT2D eigenvalue weighted by atomic mass is 32.2. The van der Waals surface area contributed by atoms with E-state index in [1.807, 2.05) is 11.8 Å². The minimum absolute atomic E-state index is 0.585. The van der Waals surface area contributed by atoms with E-state index in [4.69, 9.17) is 4.99 Å². The van der Waals surface area contributed by atoms with Gasteiger partial charge in [-0.1, -0.05) is 25.6 Å². The molecule has 2 atom stereocenters. The summed E-state index contributed by atoms with van der Waals surface area (Å²) in [5, 5.41) is 5.40. The van der Waals surface area contributed by atoms with Gasteiger partial charge in [-0.25, -0.2) is 0 Å². The van der Waals surface area contributed by atoms with Crippen molar-refractivity contribution in [2.24, 2.45) is 10.9 Å². The SMILES string of the molecule is CCN1CCC(CN=C2NC(C)CC(C)S2)CC1. The van der Waals surface area contributed by atoms with Crippen LogP contribution in [0.25, 0.3) is 0 Å². The van der Waals surface area contributed by atoms with Crippen LogP contribution in [0, 0.1) is 5.92 Å². The van der Waals surface area contributed by atoms with Gasteiger partial charge in [-0.2, -0.15) is 0 Å². The third-order valence-corrected chi connectivity index (χ3v) is 5.08. The topological polar surface area (TPSA) is 27.6 Å². The Balaban J connectivity index is 1.76. The molecule has 0 aromatic heterocycles. The van der Waals surface area contributed by atoms with Gasteiger partial charge in [-0.05, 0) is 51.7 Å². The molecule has 0 aromatic rings. The van der Waals surface area contributed by atoms with Gasteiger partial charge in [0.25, 0.3) is 0 Å². The van der Waals surface area contributed by atoms with E-state index in [1.54, 1.807) is 0 Å². The van der Waals surface area contributed by atoms with E-state index in [1.165, 1.54) is 44.1 Å². The van der Waals surface area contributed by atoms with Crippen molar-refractivity contribution in [1.29, 1.82) is 0 Å². The van der Waals surface area contributed by atoms with Crippen LogP contribution in [0.3, 0.4) is 0 Å². The summed E-state index contributed by atoms with van der Waals surface area (Å²) in [4.78, 5) is 7.35. The molecule has 2 aliphatic rings. The van der Waals surface area contributed by atoms with E-state index in [9.17, 15) is 0 Å². The molecule has 18 heavy (non-hydrogen) atoms. The number of hydrogen-bond acceptors (Lipinski definition) is 3. The molecule has 0 radical (unpaired) electrons. The van der Waals surface area contributed by atoms with Crippen molar-refractivity contribution in [2.75, 3.05) is 26.2 Å². The summed E-state index contributed by atoms with van der Waals surface area (Å²) in [6.45, 7) is 11.6. The van der Waals surface area contributed by atoms with E-state index >= 15 is 0 Å². The van der Waals surface area contributed by atoms with Gasteiger partial charge >= 0.3 is 0 Å². The van der Waals surface area contributed by atoms with Crippen LogP contribution in [0.2, 0.25) is 0 Å². The summed E-state index contributed by atoms with van der Waals surface area (Å²) in [5.41, 5.74) is 0. The highest BCUT2D eigenvalue weighted by Crippen LogP contribution is 2.23. The molecule has 2 fully saturated rings. The Bertz CT molecular complexity index is 273. The maximum atomic E-state index is 4.81. The van der Waals surface area contributed by atoms with Gasteiger partial charge in [0, 0.05) is 17.8 Å². The fraction of sp³-hybridized carbons (Fsp3) is 0.929. The number of likely N-dealkylation sites (tertiary alicyclic amines) is 1. The van der Waals surface area contributed by atoms with Crippen LogP contribution in [0.1, 0.15) is 40.0 Å². The third kappa shape index (κ3) is 4.16. The van der Waals surface area contributed by atoms with Crippen LogP contribution in [-0.4, -0.2) is 47.5 Å². The first-order valence-electron chi connectivity index (χ1n) is 7.37. The van der Waals surface area contributed by atoms with Gasteiger partial charge in [0.2, 0.25) is 0 Å². The number of aliphatic imine (C=N–C) groups is 1. The van der Waals surface area contributed by atoms with Crippen LogP contribution in [-0.2, 0) is 0 Å². The molecule has 2 heterocycles. The Morgan fingerprint density at radius 2 is 2.06 bits per heavy atom. The summed E-state index contributed by atoms with van der Waals surface area (Å²) in [5.74, 6) is 0.801. The smallest absolute Gasteiger partial charge is 0.157 e. The molecule has 0 saturated carbocycles. The summed E-state index contributed by atoms with van der Waals surface area (Å²) in [6, 6.07) is 0.585. The fourth-order valence-electron chi connectivity index (χ4n) is 2.82. The standard InChI is InChI=1S/C14H27N3S/c1-4-17-7-5-13(6-8-17)10-15-14-16-11(2)9-12(3)18-14/h11-13H,4-10H2,1-3H3,(H,15,16). The van der Waals surface area contributed by atoms with E-state index < -0.39 is 0 Å². The number of piperidine rings is 1. The molecule has 2 rings (SSSR count). The molecule has 2 saturated heterocycles. The Labute approximate surface area is 116 Å². The molecular weight excluding hydrogens is 242 g/mol. The van der Waals surface area contributed by atoms with Crippen molar-refractivity contribution in [2.45, 2.75) is 51.3 Å². The first kappa shape index (κ1) is 14.2. The number of amidine groups is 1. The van der Waals surface area contributed by atoms with Crippen LogP contribution in [0.5, 0.6) is 0 Å². The van der Waals surface area contributed by atoms with Gasteiger partial charge < -0.3 is 10.2 Å². The molecule has 0 amide bonds. The second kappa shape index (κ2) is 6.80. The average molecular weight is 269 g/mol. The molecule has 1 N–H and O–H groups in total. The van der Waals surface area contributed by atoms with Gasteiger partial charge in [0.05, 0.1) is 0 Å². The van der Waals surface area contributed by atoms with Crippen LogP contribution in [0.4, 0.5) is 0 Å². The zero-order chi connectivity index (χ0) is 13.0. The molecule has 0 spiro atoms. The minimum atomic E-state index is 0.585. The molecular formula is C14H27N3S. The van der Waals surface area contributed by atoms with Gasteiger partial charge in [-0.15, -0.1) is 0 Å². The Morgan fingerprint density at radius 1 is 1.33 bits per heavy atom. The van der Waals surface area contributed by atoms with E-state index in [0.29, 0.717) is 11.3 Å². The van der Waals surface area contributed by atoms with Crippen molar-refractivity contribution in [3.63, 3.8) is 0 Å². The second-order valence-electron chi connectivity index (χ2n) is 5.73. The zero-order valence-electron chi connectivity index (χ0n) is 12.0. The molecule has 2 unspecified atom stereocenters. The molecule has 0 bridgehead atoms. The third-order valence-electron chi connectivity index (χ3n) is 4.02. The fourth-order valence-corrected chi connectivity index (χ4v) is 4.00. The predicted molar refractivity (Wildman–Crippen MR) is 81.4 cm³/mol. The van der Waals surface area contributed by atoms with Gasteiger partial charge in [-0.3, -0.25) is 4.99 Å². The average Bonchev–Trinajstić information content (AvgIpc) is 2.36. The van der Waals surface area contributed by atoms with Crippen molar-refractivity contribution in [3.05, 3.63) is 0 Å². The maximum absolute atomic E-state index is 4.81. The number of nitrogens with one attached hydrogen (secondary N) is 1. The summed E-state index contributed by atoms with van der Waals surface area (Å²) in [7, 11) is 0. The second-order valence-corrected chi connectivity index (χ2v) is 7.16. The quantitative estimate of drug-likeness (QED) is 0.853. The molecule has 3 nitrogen and oxygen atoms in total. The zero-order valence-corrected chi connectivity index (χ0v) is 12.8. The lowest BCUT2D eigenvalue weighted by Gasteiger charge is -2.31. The monoisotopic (exact) mass is 269 g/mol. The number of hydrogen-bond donors (Lipinski definition) is 1. The molecule has 4 heteroatoms. The number of rotatable bonds is 3. The summed E-state index contributed by atoms with van der Waals surface area (Å²) >= 11 is 1.91. The van der Waals surface area contributed by atoms with E-state index in [-0.39, 0.29) is 0 Å². The van der Waals surface area contributed by atoms with Gasteiger partial charge in [0.1, 0.15) is 0 Å². The van der Waals surface area contributed by atoms with Crippen molar-refractivity contribution < 1.29 is 0 Å². The Morgan fingerprint density at radius 3 is 2.67 bits per heavy atom. The largest absolute Gasteiger partial charge is 0.362 e. The summed E-state index contributed by atoms with van der Waals surface area (Å²) in [6.07, 6.45) is 3.89. The molecule has 0 aliphatic carbocycles. The Kier molecular flexibility index (Phi) is 5.37. The van der Waals surface area contributed by atoms with Crippen LogP contribution < -0.4 is 5.32 Å². The summed E-state index contributed by atoms with van der Waals surface area (Å²) < 4.78 is 0. The molecule has 0 aromatic carbocycles. The lowest BCUT2D eigenvalue weighted by Crippen LogP contribution is -2.39. The lowest BCUT2D eigenvalue weighted by atomic mass is 9.97. The van der Waals surface area contributed by atoms with Crippen LogP contribution in [0.15, 0.2) is 4.99 Å². The van der Waals surface area contributed by atoms with E-state index in [2.05, 4.69) is 31.0 Å². The van der Waals surface area contributed by atoms with Crippen molar-refractivity contribution in [3.8, 4) is 0 Å². The molecule has 2 aliphatic heterocycles. The molecule has 104 valence electrons. The van der Waals surface area contributed by atoms with Crippen LogP contribution >= 0.6 is 11.8 Å². The minimum Gasteiger partial charge on any atom is -0.362 e. The van der Waals surface area contributed by atoms with Gasteiger partial charge in [0.15, 0.2) is 5.17 Å². The highest BCUT2D eigenvalue weighted by Gasteiger charge is 2.21. The normalized spacial score (nSPS) is 33.6. The highest BCUT2D eigenvalue weighted by molar-refractivity contribution is 8.14. The van der Waals surface area contributed by atoms with Crippen molar-refractivity contribution >= 4 is 16.9 Å². The first-order chi connectivity index (χ1) is 8.67. The number of thioether (sulfide) groups is 1. The maximum Gasteiger partial charge on any atom is 0.157 e.